The first kappa shape index (κ1) is 18.4. The van der Waals surface area contributed by atoms with Gasteiger partial charge in [0, 0.05) is 31.1 Å². The third kappa shape index (κ3) is 3.99. The van der Waals surface area contributed by atoms with Crippen LogP contribution in [0.5, 0.6) is 0 Å². The molecule has 3 aromatic rings. The molecule has 1 aliphatic heterocycles. The highest BCUT2D eigenvalue weighted by Crippen LogP contribution is 2.22. The summed E-state index contributed by atoms with van der Waals surface area (Å²) in [7, 11) is 0. The minimum absolute atomic E-state index is 0.0873. The van der Waals surface area contributed by atoms with Crippen molar-refractivity contribution in [2.45, 2.75) is 19.8 Å². The van der Waals surface area contributed by atoms with Crippen molar-refractivity contribution < 1.29 is 14.0 Å². The molecule has 146 valence electrons. The van der Waals surface area contributed by atoms with Crippen LogP contribution in [0.15, 0.2) is 33.5 Å². The number of aromatic nitrogens is 3. The van der Waals surface area contributed by atoms with E-state index < -0.39 is 0 Å². The summed E-state index contributed by atoms with van der Waals surface area (Å²) in [6, 6.07) is 5.44. The lowest BCUT2D eigenvalue weighted by atomic mass is 9.96. The number of nitrogens with zero attached hydrogens (tertiary/aromatic N) is 3. The molecule has 2 N–H and O–H groups in total. The first-order chi connectivity index (χ1) is 13.6. The number of thiazole rings is 1. The predicted molar refractivity (Wildman–Crippen MR) is 104 cm³/mol. The Hall–Kier alpha value is -2.94. The standard InChI is InChI=1S/C19H21N5O3S/c1-12-2-3-17(27-12)14-8-15(23-22-14)19(26)24-6-4-13(5-7-24)9-20-18(25)16-10-28-11-21-16/h2-3,8,10-11,13H,4-7,9H2,1H3,(H,20,25)(H,22,23). The molecule has 1 saturated heterocycles. The van der Waals surface area contributed by atoms with Gasteiger partial charge in [-0.1, -0.05) is 0 Å². The molecule has 0 spiro atoms. The van der Waals surface area contributed by atoms with Crippen LogP contribution in [0.2, 0.25) is 0 Å². The molecule has 2 amide bonds. The number of carbonyl (C=O) groups is 2. The molecule has 8 nitrogen and oxygen atoms in total. The highest BCUT2D eigenvalue weighted by atomic mass is 32.1. The molecular formula is C19H21N5O3S. The van der Waals surface area contributed by atoms with Crippen LogP contribution in [0.3, 0.4) is 0 Å². The van der Waals surface area contributed by atoms with Crippen LogP contribution in [-0.4, -0.2) is 51.5 Å². The maximum Gasteiger partial charge on any atom is 0.274 e. The fraction of sp³-hybridized carbons (Fsp3) is 0.368. The summed E-state index contributed by atoms with van der Waals surface area (Å²) >= 11 is 1.40. The van der Waals surface area contributed by atoms with Gasteiger partial charge in [0.2, 0.25) is 0 Å². The molecule has 0 unspecified atom stereocenters. The molecule has 1 aliphatic rings. The molecule has 0 radical (unpaired) electrons. The fourth-order valence-corrected chi connectivity index (χ4v) is 3.82. The third-order valence-corrected chi connectivity index (χ3v) is 5.51. The second-order valence-corrected chi connectivity index (χ2v) is 7.62. The van der Waals surface area contributed by atoms with Gasteiger partial charge in [0.15, 0.2) is 11.5 Å². The van der Waals surface area contributed by atoms with Crippen molar-refractivity contribution in [1.82, 2.24) is 25.4 Å². The first-order valence-electron chi connectivity index (χ1n) is 9.18. The Balaban J connectivity index is 1.28. The molecule has 28 heavy (non-hydrogen) atoms. The molecule has 1 fully saturated rings. The van der Waals surface area contributed by atoms with Crippen LogP contribution < -0.4 is 5.32 Å². The van der Waals surface area contributed by atoms with Gasteiger partial charge in [0.05, 0.1) is 5.51 Å². The molecule has 3 aromatic heterocycles. The Morgan fingerprint density at radius 2 is 2.14 bits per heavy atom. The Morgan fingerprint density at radius 1 is 1.32 bits per heavy atom. The quantitative estimate of drug-likeness (QED) is 0.686. The number of hydrogen-bond donors (Lipinski definition) is 2. The van der Waals surface area contributed by atoms with Crippen LogP contribution in [-0.2, 0) is 0 Å². The van der Waals surface area contributed by atoms with Crippen molar-refractivity contribution >= 4 is 23.2 Å². The van der Waals surface area contributed by atoms with Gasteiger partial charge in [-0.05, 0) is 37.8 Å². The van der Waals surface area contributed by atoms with Crippen molar-refractivity contribution in [3.63, 3.8) is 0 Å². The van der Waals surface area contributed by atoms with Crippen LogP contribution >= 0.6 is 11.3 Å². The zero-order valence-electron chi connectivity index (χ0n) is 15.5. The van der Waals surface area contributed by atoms with Crippen molar-refractivity contribution in [2.24, 2.45) is 5.92 Å². The van der Waals surface area contributed by atoms with Crippen LogP contribution in [0.1, 0.15) is 39.6 Å². The molecule has 9 heteroatoms. The zero-order chi connectivity index (χ0) is 19.5. The highest BCUT2D eigenvalue weighted by Gasteiger charge is 2.26. The van der Waals surface area contributed by atoms with E-state index >= 15 is 0 Å². The molecule has 0 bridgehead atoms. The molecular weight excluding hydrogens is 378 g/mol. The van der Waals surface area contributed by atoms with Gasteiger partial charge in [0.25, 0.3) is 11.8 Å². The SMILES string of the molecule is Cc1ccc(-c2cc(C(=O)N3CCC(CNC(=O)c4cscn4)CC3)n[nH]2)o1. The van der Waals surface area contributed by atoms with Crippen molar-refractivity contribution in [3.8, 4) is 11.5 Å². The predicted octanol–water partition coefficient (Wildman–Crippen LogP) is 2.72. The van der Waals surface area contributed by atoms with Crippen LogP contribution in [0.4, 0.5) is 0 Å². The van der Waals surface area contributed by atoms with Gasteiger partial charge >= 0.3 is 0 Å². The Bertz CT molecular complexity index is 954. The molecule has 4 heterocycles. The molecule has 0 saturated carbocycles. The van der Waals surface area contributed by atoms with E-state index in [2.05, 4.69) is 20.5 Å². The highest BCUT2D eigenvalue weighted by molar-refractivity contribution is 7.07. The van der Waals surface area contributed by atoms with E-state index in [1.807, 2.05) is 24.0 Å². The zero-order valence-corrected chi connectivity index (χ0v) is 16.3. The maximum absolute atomic E-state index is 12.7. The number of likely N-dealkylation sites (tertiary alicyclic amines) is 1. The number of rotatable bonds is 5. The van der Waals surface area contributed by atoms with Gasteiger partial charge in [0.1, 0.15) is 17.1 Å². The number of H-pyrrole nitrogens is 1. The second-order valence-electron chi connectivity index (χ2n) is 6.90. The topological polar surface area (TPSA) is 104 Å². The fourth-order valence-electron chi connectivity index (χ4n) is 3.29. The van der Waals surface area contributed by atoms with Gasteiger partial charge in [-0.3, -0.25) is 14.7 Å². The minimum Gasteiger partial charge on any atom is -0.460 e. The summed E-state index contributed by atoms with van der Waals surface area (Å²) < 4.78 is 5.56. The lowest BCUT2D eigenvalue weighted by molar-refractivity contribution is 0.0678. The van der Waals surface area contributed by atoms with E-state index in [1.54, 1.807) is 17.0 Å². The second kappa shape index (κ2) is 7.97. The summed E-state index contributed by atoms with van der Waals surface area (Å²) in [6.07, 6.45) is 1.69. The minimum atomic E-state index is -0.142. The Labute approximate surface area is 166 Å². The third-order valence-electron chi connectivity index (χ3n) is 4.92. The number of hydrogen-bond acceptors (Lipinski definition) is 6. The first-order valence-corrected chi connectivity index (χ1v) is 10.1. The maximum atomic E-state index is 12.7. The van der Waals surface area contributed by atoms with Crippen LogP contribution in [0.25, 0.3) is 11.5 Å². The Morgan fingerprint density at radius 3 is 2.82 bits per heavy atom. The molecule has 0 atom stereocenters. The molecule has 4 rings (SSSR count). The number of furan rings is 1. The van der Waals surface area contributed by atoms with E-state index in [1.165, 1.54) is 11.3 Å². The molecule has 0 aliphatic carbocycles. The van der Waals surface area contributed by atoms with Gasteiger partial charge < -0.3 is 14.6 Å². The number of amides is 2. The summed E-state index contributed by atoms with van der Waals surface area (Å²) in [5, 5.41) is 11.7. The summed E-state index contributed by atoms with van der Waals surface area (Å²) in [6.45, 7) is 3.77. The van der Waals surface area contributed by atoms with Crippen molar-refractivity contribution in [1.29, 1.82) is 0 Å². The monoisotopic (exact) mass is 399 g/mol. The average molecular weight is 399 g/mol. The van der Waals surface area contributed by atoms with E-state index in [-0.39, 0.29) is 11.8 Å². The Kier molecular flexibility index (Phi) is 5.25. The molecule has 0 aromatic carbocycles. The lowest BCUT2D eigenvalue weighted by Gasteiger charge is -2.31. The number of aromatic amines is 1. The summed E-state index contributed by atoms with van der Waals surface area (Å²) in [5.41, 5.74) is 3.18. The van der Waals surface area contributed by atoms with Gasteiger partial charge in [-0.15, -0.1) is 11.3 Å². The lowest BCUT2D eigenvalue weighted by Crippen LogP contribution is -2.41. The summed E-state index contributed by atoms with van der Waals surface area (Å²) in [5.74, 6) is 1.60. The van der Waals surface area contributed by atoms with Crippen molar-refractivity contribution in [3.05, 3.63) is 46.2 Å². The summed E-state index contributed by atoms with van der Waals surface area (Å²) in [4.78, 5) is 30.5. The smallest absolute Gasteiger partial charge is 0.274 e. The van der Waals surface area contributed by atoms with E-state index in [4.69, 9.17) is 4.42 Å². The number of aryl methyl sites for hydroxylation is 1. The van der Waals surface area contributed by atoms with E-state index in [0.717, 1.165) is 18.6 Å². The van der Waals surface area contributed by atoms with Gasteiger partial charge in [-0.25, -0.2) is 4.98 Å². The average Bonchev–Trinajstić information content (AvgIpc) is 3.46. The number of carbonyl (C=O) groups excluding carboxylic acids is 2. The van der Waals surface area contributed by atoms with Gasteiger partial charge in [-0.2, -0.15) is 5.10 Å². The number of piperidine rings is 1. The largest absolute Gasteiger partial charge is 0.460 e. The van der Waals surface area contributed by atoms with Crippen LogP contribution in [0, 0.1) is 12.8 Å². The van der Waals surface area contributed by atoms with E-state index in [9.17, 15) is 9.59 Å². The number of nitrogens with one attached hydrogen (secondary N) is 2. The normalized spacial score (nSPS) is 15.0. The van der Waals surface area contributed by atoms with E-state index in [0.29, 0.717) is 48.4 Å². The van der Waals surface area contributed by atoms with Crippen molar-refractivity contribution in [2.75, 3.05) is 19.6 Å².